The Labute approximate surface area is 329 Å². The van der Waals surface area contributed by atoms with Gasteiger partial charge in [-0.2, -0.15) is 0 Å². The molecule has 1 radical (unpaired) electrons. The maximum Gasteiger partial charge on any atom is 0.0774 e. The van der Waals surface area contributed by atoms with Crippen LogP contribution in [0.3, 0.4) is 0 Å². The Morgan fingerprint density at radius 3 is 1.98 bits per heavy atom. The Morgan fingerprint density at radius 2 is 1.34 bits per heavy atom. The Kier molecular flexibility index (Phi) is 10.9. The fraction of sp³-hybridized carbons (Fsp3) is 0.0833. The van der Waals surface area contributed by atoms with Crippen molar-refractivity contribution in [3.63, 3.8) is 0 Å². The summed E-state index contributed by atoms with van der Waals surface area (Å²) in [6, 6.07) is 58.1. The average molecular weight is 880 g/mol. The zero-order valence-corrected chi connectivity index (χ0v) is 33.0. The molecule has 9 rings (SSSR count). The van der Waals surface area contributed by atoms with Crippen molar-refractivity contribution in [3.05, 3.63) is 186 Å². The standard InChI is InChI=1S/C37H29N2S.C11H8N.Ir/c1-24(2)28-18-19-35-31(22-28)32(23-40-35)37-38-33-16-10-11-17-34(33)39(37)36-29(26-12-6-4-7-13-26)20-25(3)21-30(36)27-14-8-5-9-15-27;1-2-6-10(7-3-1)11-8-4-5-9-12-11;/h4-22,24H,1-3H3;1-6,8-9H;/q2*-1;. The summed E-state index contributed by atoms with van der Waals surface area (Å²) in [5.74, 6) is 1.37. The van der Waals surface area contributed by atoms with Crippen molar-refractivity contribution in [3.8, 4) is 50.6 Å². The Balaban J connectivity index is 0.000000284. The molecule has 3 heterocycles. The number of aromatic nitrogens is 3. The summed E-state index contributed by atoms with van der Waals surface area (Å²) in [5, 5.41) is 4.87. The molecule has 0 saturated carbocycles. The number of pyridine rings is 1. The first-order chi connectivity index (χ1) is 25.5. The van der Waals surface area contributed by atoms with Gasteiger partial charge in [-0.1, -0.05) is 132 Å². The summed E-state index contributed by atoms with van der Waals surface area (Å²) in [6.45, 7) is 6.68. The summed E-state index contributed by atoms with van der Waals surface area (Å²) in [7, 11) is 0. The van der Waals surface area contributed by atoms with Gasteiger partial charge in [-0.25, -0.2) is 0 Å². The van der Waals surface area contributed by atoms with E-state index in [0.29, 0.717) is 5.92 Å². The third-order valence-corrected chi connectivity index (χ3v) is 10.2. The minimum atomic E-state index is 0. The van der Waals surface area contributed by atoms with E-state index in [4.69, 9.17) is 4.98 Å². The van der Waals surface area contributed by atoms with Crippen LogP contribution in [0.25, 0.3) is 71.7 Å². The van der Waals surface area contributed by atoms with Gasteiger partial charge < -0.3 is 9.55 Å². The Hall–Kier alpha value is -5.45. The fourth-order valence-electron chi connectivity index (χ4n) is 6.71. The van der Waals surface area contributed by atoms with Gasteiger partial charge in [0.2, 0.25) is 0 Å². The first-order valence-electron chi connectivity index (χ1n) is 17.6. The van der Waals surface area contributed by atoms with Gasteiger partial charge >= 0.3 is 0 Å². The number of nitrogens with zero attached hydrogens (tertiary/aromatic N) is 3. The van der Waals surface area contributed by atoms with Crippen molar-refractivity contribution in [1.82, 2.24) is 14.5 Å². The van der Waals surface area contributed by atoms with Crippen molar-refractivity contribution in [2.24, 2.45) is 0 Å². The molecule has 6 aromatic carbocycles. The zero-order valence-electron chi connectivity index (χ0n) is 29.7. The van der Waals surface area contributed by atoms with E-state index in [-0.39, 0.29) is 20.1 Å². The van der Waals surface area contributed by atoms with E-state index < -0.39 is 0 Å². The van der Waals surface area contributed by atoms with E-state index in [9.17, 15) is 0 Å². The number of fused-ring (bicyclic) bond motifs is 2. The van der Waals surface area contributed by atoms with Crippen LogP contribution in [-0.4, -0.2) is 14.5 Å². The van der Waals surface area contributed by atoms with E-state index in [0.717, 1.165) is 39.4 Å². The predicted octanol–water partition coefficient (Wildman–Crippen LogP) is 13.0. The molecule has 0 unspecified atom stereocenters. The van der Waals surface area contributed by atoms with Crippen LogP contribution in [0, 0.1) is 18.4 Å². The second-order valence-electron chi connectivity index (χ2n) is 13.2. The fourth-order valence-corrected chi connectivity index (χ4v) is 7.53. The number of imidazole rings is 1. The molecular weight excluding hydrogens is 843 g/mol. The van der Waals surface area contributed by atoms with Crippen molar-refractivity contribution < 1.29 is 20.1 Å². The van der Waals surface area contributed by atoms with Crippen LogP contribution in [-0.2, 0) is 20.1 Å². The van der Waals surface area contributed by atoms with Crippen LogP contribution >= 0.6 is 11.3 Å². The molecule has 0 atom stereocenters. The molecule has 0 spiro atoms. The maximum absolute atomic E-state index is 5.29. The second kappa shape index (κ2) is 16.1. The minimum absolute atomic E-state index is 0. The molecule has 0 aliphatic carbocycles. The zero-order chi connectivity index (χ0) is 35.4. The first kappa shape index (κ1) is 35.9. The van der Waals surface area contributed by atoms with Crippen molar-refractivity contribution in [1.29, 1.82) is 0 Å². The minimum Gasteiger partial charge on any atom is -0.332 e. The summed E-state index contributed by atoms with van der Waals surface area (Å²) >= 11 is 1.67. The van der Waals surface area contributed by atoms with Gasteiger partial charge in [0.15, 0.2) is 0 Å². The van der Waals surface area contributed by atoms with Gasteiger partial charge in [-0.15, -0.1) is 47.3 Å². The van der Waals surface area contributed by atoms with E-state index in [1.807, 2.05) is 42.5 Å². The number of rotatable bonds is 6. The van der Waals surface area contributed by atoms with Crippen LogP contribution in [0.5, 0.6) is 0 Å². The summed E-state index contributed by atoms with van der Waals surface area (Å²) in [5.41, 5.74) is 13.6. The van der Waals surface area contributed by atoms with Gasteiger partial charge in [-0.05, 0) is 65.6 Å². The molecule has 0 fully saturated rings. The van der Waals surface area contributed by atoms with Gasteiger partial charge in [0, 0.05) is 37.4 Å². The van der Waals surface area contributed by atoms with E-state index in [1.54, 1.807) is 17.5 Å². The van der Waals surface area contributed by atoms with Crippen molar-refractivity contribution >= 4 is 32.5 Å². The van der Waals surface area contributed by atoms with Gasteiger partial charge in [-0.3, -0.25) is 16.3 Å². The third kappa shape index (κ3) is 7.42. The number of benzene rings is 6. The predicted molar refractivity (Wildman–Crippen MR) is 219 cm³/mol. The molecule has 9 aromatic rings. The molecule has 0 N–H and O–H groups in total. The molecule has 0 aliphatic heterocycles. The second-order valence-corrected chi connectivity index (χ2v) is 14.0. The quantitative estimate of drug-likeness (QED) is 0.156. The molecule has 0 bridgehead atoms. The molecule has 53 heavy (non-hydrogen) atoms. The molecule has 5 heteroatoms. The van der Waals surface area contributed by atoms with Gasteiger partial charge in [0.05, 0.1) is 22.5 Å². The summed E-state index contributed by atoms with van der Waals surface area (Å²) in [4.78, 5) is 9.50. The van der Waals surface area contributed by atoms with Crippen molar-refractivity contribution in [2.75, 3.05) is 0 Å². The van der Waals surface area contributed by atoms with E-state index in [2.05, 4.69) is 157 Å². The molecule has 261 valence electrons. The number of aryl methyl sites for hydroxylation is 1. The molecular formula is C48H37IrN3S-2. The summed E-state index contributed by atoms with van der Waals surface area (Å²) in [6.07, 6.45) is 1.79. The molecule has 3 aromatic heterocycles. The number of hydrogen-bond donors (Lipinski definition) is 0. The van der Waals surface area contributed by atoms with Crippen LogP contribution in [0.15, 0.2) is 164 Å². The monoisotopic (exact) mass is 880 g/mol. The number of hydrogen-bond acceptors (Lipinski definition) is 3. The summed E-state index contributed by atoms with van der Waals surface area (Å²) < 4.78 is 3.60. The van der Waals surface area contributed by atoms with E-state index in [1.165, 1.54) is 43.5 Å². The maximum atomic E-state index is 5.29. The largest absolute Gasteiger partial charge is 0.332 e. The van der Waals surface area contributed by atoms with Crippen molar-refractivity contribution in [2.45, 2.75) is 26.7 Å². The van der Waals surface area contributed by atoms with E-state index >= 15 is 0 Å². The number of thiophene rings is 1. The average Bonchev–Trinajstić information content (AvgIpc) is 3.80. The molecule has 3 nitrogen and oxygen atoms in total. The van der Waals surface area contributed by atoms with Crippen LogP contribution in [0.1, 0.15) is 30.9 Å². The van der Waals surface area contributed by atoms with Crippen LogP contribution in [0.2, 0.25) is 0 Å². The topological polar surface area (TPSA) is 30.7 Å². The number of para-hydroxylation sites is 2. The van der Waals surface area contributed by atoms with Gasteiger partial charge in [0.1, 0.15) is 0 Å². The Morgan fingerprint density at radius 1 is 0.679 bits per heavy atom. The van der Waals surface area contributed by atoms with Gasteiger partial charge in [0.25, 0.3) is 0 Å². The Bertz CT molecular complexity index is 2500. The normalized spacial score (nSPS) is 10.9. The smallest absolute Gasteiger partial charge is 0.0774 e. The van der Waals surface area contributed by atoms with Crippen LogP contribution < -0.4 is 0 Å². The molecule has 0 saturated heterocycles. The SMILES string of the molecule is Cc1cc(-c2ccccc2)c(-n2c(-c3[c-]sc4ccc(C(C)C)cc34)nc3ccccc32)c(-c2ccccc2)c1.[Ir].[c-]1ccccc1-c1ccccn1. The first-order valence-corrected chi connectivity index (χ1v) is 18.4. The third-order valence-electron chi connectivity index (χ3n) is 9.28. The van der Waals surface area contributed by atoms with Crippen LogP contribution in [0.4, 0.5) is 0 Å². The molecule has 0 aliphatic rings. The molecule has 0 amide bonds.